The van der Waals surface area contributed by atoms with E-state index < -0.39 is 0 Å². The molecule has 1 aromatic heterocycles. The first-order valence-electron chi connectivity index (χ1n) is 4.74. The summed E-state index contributed by atoms with van der Waals surface area (Å²) < 4.78 is 0. The lowest BCUT2D eigenvalue weighted by atomic mass is 10.2. The fourth-order valence-corrected chi connectivity index (χ4v) is 1.97. The van der Waals surface area contributed by atoms with Crippen molar-refractivity contribution in [3.63, 3.8) is 0 Å². The number of hydrogen-bond acceptors (Lipinski definition) is 3. The number of nitrogens with two attached hydrogens (primary N) is 1. The molecule has 3 N–H and O–H groups in total. The molecule has 1 atom stereocenters. The Morgan fingerprint density at radius 3 is 3.07 bits per heavy atom. The summed E-state index contributed by atoms with van der Waals surface area (Å²) in [6, 6.07) is 2.46. The number of amides is 1. The van der Waals surface area contributed by atoms with Crippen molar-refractivity contribution in [2.75, 3.05) is 6.54 Å². The Labute approximate surface area is 88.3 Å². The maximum Gasteiger partial charge on any atom is 0.217 e. The number of carbonyl (C=O) groups is 1. The van der Waals surface area contributed by atoms with Gasteiger partial charge in [0, 0.05) is 12.5 Å². The molecule has 0 radical (unpaired) electrons. The van der Waals surface area contributed by atoms with Crippen LogP contribution in [-0.2, 0) is 4.79 Å². The number of rotatable bonds is 6. The Balaban J connectivity index is 2.16. The molecule has 0 aliphatic heterocycles. The third kappa shape index (κ3) is 3.89. The molecular formula is C10H16N2OS. The molecule has 0 saturated heterocycles. The van der Waals surface area contributed by atoms with Gasteiger partial charge in [-0.25, -0.2) is 0 Å². The fraction of sp³-hybridized carbons (Fsp3) is 0.500. The molecule has 0 aliphatic carbocycles. The lowest BCUT2D eigenvalue weighted by molar-refractivity contribution is -0.118. The van der Waals surface area contributed by atoms with Crippen LogP contribution in [0, 0.1) is 0 Å². The highest BCUT2D eigenvalue weighted by Crippen LogP contribution is 2.15. The molecule has 1 aromatic rings. The minimum absolute atomic E-state index is 0.227. The summed E-state index contributed by atoms with van der Waals surface area (Å²) in [5.74, 6) is -0.227. The van der Waals surface area contributed by atoms with E-state index in [1.54, 1.807) is 11.3 Å². The highest BCUT2D eigenvalue weighted by atomic mass is 32.1. The van der Waals surface area contributed by atoms with Crippen LogP contribution in [0.5, 0.6) is 0 Å². The van der Waals surface area contributed by atoms with Crippen LogP contribution in [0.4, 0.5) is 0 Å². The second-order valence-electron chi connectivity index (χ2n) is 3.30. The van der Waals surface area contributed by atoms with Crippen molar-refractivity contribution in [1.82, 2.24) is 5.32 Å². The first-order chi connectivity index (χ1) is 6.70. The van der Waals surface area contributed by atoms with Crippen LogP contribution in [0.3, 0.4) is 0 Å². The first-order valence-corrected chi connectivity index (χ1v) is 5.68. The Bertz CT molecular complexity index is 272. The number of carbonyl (C=O) groups excluding carboxylic acids is 1. The van der Waals surface area contributed by atoms with E-state index in [1.165, 1.54) is 5.56 Å². The molecule has 0 bridgehead atoms. The average molecular weight is 212 g/mol. The van der Waals surface area contributed by atoms with Crippen molar-refractivity contribution in [2.24, 2.45) is 5.73 Å². The van der Waals surface area contributed by atoms with Crippen molar-refractivity contribution in [2.45, 2.75) is 25.8 Å². The summed E-state index contributed by atoms with van der Waals surface area (Å²) in [4.78, 5) is 10.5. The van der Waals surface area contributed by atoms with Gasteiger partial charge in [0.25, 0.3) is 0 Å². The Morgan fingerprint density at radius 1 is 1.71 bits per heavy atom. The number of nitrogens with one attached hydrogen (secondary N) is 1. The fourth-order valence-electron chi connectivity index (χ4n) is 1.22. The van der Waals surface area contributed by atoms with Gasteiger partial charge in [0.05, 0.1) is 0 Å². The van der Waals surface area contributed by atoms with Crippen molar-refractivity contribution in [3.05, 3.63) is 22.4 Å². The second kappa shape index (κ2) is 5.78. The van der Waals surface area contributed by atoms with Gasteiger partial charge in [0.1, 0.15) is 0 Å². The maximum atomic E-state index is 10.5. The van der Waals surface area contributed by atoms with Gasteiger partial charge in [-0.15, -0.1) is 0 Å². The van der Waals surface area contributed by atoms with Gasteiger partial charge >= 0.3 is 0 Å². The van der Waals surface area contributed by atoms with Gasteiger partial charge in [0.15, 0.2) is 0 Å². The normalized spacial score (nSPS) is 12.6. The lowest BCUT2D eigenvalue weighted by Crippen LogP contribution is -2.21. The third-order valence-corrected chi connectivity index (χ3v) is 2.80. The first kappa shape index (κ1) is 11.2. The molecule has 3 nitrogen and oxygen atoms in total. The van der Waals surface area contributed by atoms with E-state index in [4.69, 9.17) is 5.73 Å². The zero-order valence-electron chi connectivity index (χ0n) is 8.32. The summed E-state index contributed by atoms with van der Waals surface area (Å²) in [6.45, 7) is 2.95. The van der Waals surface area contributed by atoms with Crippen molar-refractivity contribution in [3.8, 4) is 0 Å². The zero-order valence-corrected chi connectivity index (χ0v) is 9.14. The van der Waals surface area contributed by atoms with E-state index in [1.807, 2.05) is 0 Å². The molecule has 4 heteroatoms. The largest absolute Gasteiger partial charge is 0.370 e. The van der Waals surface area contributed by atoms with E-state index in [2.05, 4.69) is 29.1 Å². The van der Waals surface area contributed by atoms with Crippen LogP contribution in [0.15, 0.2) is 16.8 Å². The van der Waals surface area contributed by atoms with E-state index >= 15 is 0 Å². The quantitative estimate of drug-likeness (QED) is 0.705. The second-order valence-corrected chi connectivity index (χ2v) is 4.08. The molecule has 0 saturated carbocycles. The molecule has 0 aromatic carbocycles. The Kier molecular flexibility index (Phi) is 4.62. The van der Waals surface area contributed by atoms with Crippen molar-refractivity contribution in [1.29, 1.82) is 0 Å². The summed E-state index contributed by atoms with van der Waals surface area (Å²) in [5.41, 5.74) is 6.34. The van der Waals surface area contributed by atoms with E-state index in [0.717, 1.165) is 13.0 Å². The Morgan fingerprint density at radius 2 is 2.50 bits per heavy atom. The minimum atomic E-state index is -0.227. The topological polar surface area (TPSA) is 55.1 Å². The molecule has 78 valence electrons. The van der Waals surface area contributed by atoms with E-state index in [9.17, 15) is 4.79 Å². The molecule has 1 unspecified atom stereocenters. The van der Waals surface area contributed by atoms with Crippen LogP contribution in [-0.4, -0.2) is 12.5 Å². The van der Waals surface area contributed by atoms with E-state index in [-0.39, 0.29) is 5.91 Å². The smallest absolute Gasteiger partial charge is 0.217 e. The standard InChI is InChI=1S/C10H16N2OS/c1-8(9-4-6-14-7-9)12-5-2-3-10(11)13/h4,6-8,12H,2-3,5H2,1H3,(H2,11,13). The zero-order chi connectivity index (χ0) is 10.4. The summed E-state index contributed by atoms with van der Waals surface area (Å²) in [6.07, 6.45) is 1.27. The number of hydrogen-bond donors (Lipinski definition) is 2. The van der Waals surface area contributed by atoms with Gasteiger partial charge in [-0.3, -0.25) is 4.79 Å². The average Bonchev–Trinajstić information content (AvgIpc) is 2.64. The van der Waals surface area contributed by atoms with Gasteiger partial charge < -0.3 is 11.1 Å². The molecule has 1 rings (SSSR count). The molecular weight excluding hydrogens is 196 g/mol. The van der Waals surface area contributed by atoms with Crippen LogP contribution in [0.25, 0.3) is 0 Å². The monoisotopic (exact) mass is 212 g/mol. The van der Waals surface area contributed by atoms with Gasteiger partial charge in [0.2, 0.25) is 5.91 Å². The van der Waals surface area contributed by atoms with Crippen LogP contribution in [0.1, 0.15) is 31.4 Å². The summed E-state index contributed by atoms with van der Waals surface area (Å²) in [7, 11) is 0. The maximum absolute atomic E-state index is 10.5. The lowest BCUT2D eigenvalue weighted by Gasteiger charge is -2.11. The molecule has 1 amide bonds. The van der Waals surface area contributed by atoms with Gasteiger partial charge in [-0.1, -0.05) is 0 Å². The van der Waals surface area contributed by atoms with Crippen LogP contribution in [0.2, 0.25) is 0 Å². The molecule has 14 heavy (non-hydrogen) atoms. The highest BCUT2D eigenvalue weighted by molar-refractivity contribution is 7.07. The predicted molar refractivity (Wildman–Crippen MR) is 59.2 cm³/mol. The minimum Gasteiger partial charge on any atom is -0.370 e. The summed E-state index contributed by atoms with van der Waals surface area (Å²) in [5, 5.41) is 7.54. The van der Waals surface area contributed by atoms with Crippen molar-refractivity contribution >= 4 is 17.2 Å². The molecule has 1 heterocycles. The van der Waals surface area contributed by atoms with Crippen molar-refractivity contribution < 1.29 is 4.79 Å². The molecule has 0 aliphatic rings. The number of primary amides is 1. The Hall–Kier alpha value is -0.870. The van der Waals surface area contributed by atoms with Gasteiger partial charge in [-0.05, 0) is 42.3 Å². The third-order valence-electron chi connectivity index (χ3n) is 2.09. The van der Waals surface area contributed by atoms with Crippen LogP contribution < -0.4 is 11.1 Å². The van der Waals surface area contributed by atoms with Crippen LogP contribution >= 0.6 is 11.3 Å². The summed E-state index contributed by atoms with van der Waals surface area (Å²) >= 11 is 1.70. The predicted octanol–water partition coefficient (Wildman–Crippen LogP) is 1.66. The van der Waals surface area contributed by atoms with E-state index in [0.29, 0.717) is 12.5 Å². The molecule has 0 fully saturated rings. The highest BCUT2D eigenvalue weighted by Gasteiger charge is 2.04. The number of thiophene rings is 1. The molecule has 0 spiro atoms. The SMILES string of the molecule is CC(NCCCC(N)=O)c1ccsc1. The van der Waals surface area contributed by atoms with Gasteiger partial charge in [-0.2, -0.15) is 11.3 Å².